The maximum atomic E-state index is 8.90. The highest BCUT2D eigenvalue weighted by atomic mass is 32.1. The van der Waals surface area contributed by atoms with Gasteiger partial charge in [-0.25, -0.2) is 4.98 Å². The minimum atomic E-state index is 0.119. The van der Waals surface area contributed by atoms with Crippen LogP contribution in [-0.2, 0) is 6.61 Å². The van der Waals surface area contributed by atoms with Gasteiger partial charge in [-0.3, -0.25) is 0 Å². The van der Waals surface area contributed by atoms with Crippen LogP contribution in [0.2, 0.25) is 0 Å². The van der Waals surface area contributed by atoms with Gasteiger partial charge in [0.15, 0.2) is 0 Å². The monoisotopic (exact) mass is 211 g/mol. The molecule has 0 radical (unpaired) electrons. The molecule has 2 aromatic rings. The van der Waals surface area contributed by atoms with E-state index < -0.39 is 0 Å². The molecule has 0 aliphatic heterocycles. The van der Waals surface area contributed by atoms with Crippen LogP contribution >= 0.6 is 22.7 Å². The van der Waals surface area contributed by atoms with E-state index >= 15 is 0 Å². The summed E-state index contributed by atoms with van der Waals surface area (Å²) in [7, 11) is 0. The first-order valence-electron chi connectivity index (χ1n) is 3.91. The number of aromatic nitrogens is 1. The minimum absolute atomic E-state index is 0.119. The van der Waals surface area contributed by atoms with Gasteiger partial charge in [-0.05, 0) is 19.1 Å². The summed E-state index contributed by atoms with van der Waals surface area (Å²) in [6, 6.07) is 3.94. The molecular formula is C9H9NOS2. The van der Waals surface area contributed by atoms with Crippen LogP contribution in [0.3, 0.4) is 0 Å². The van der Waals surface area contributed by atoms with Gasteiger partial charge >= 0.3 is 0 Å². The van der Waals surface area contributed by atoms with Crippen LogP contribution in [0.15, 0.2) is 17.5 Å². The van der Waals surface area contributed by atoms with Crippen LogP contribution in [0, 0.1) is 6.92 Å². The van der Waals surface area contributed by atoms with Crippen molar-refractivity contribution < 1.29 is 5.11 Å². The quantitative estimate of drug-likeness (QED) is 0.828. The lowest BCUT2D eigenvalue weighted by Gasteiger charge is -1.87. The van der Waals surface area contributed by atoms with Crippen molar-refractivity contribution in [3.63, 3.8) is 0 Å². The first kappa shape index (κ1) is 8.87. The molecule has 0 fully saturated rings. The van der Waals surface area contributed by atoms with Crippen molar-refractivity contribution in [2.24, 2.45) is 0 Å². The van der Waals surface area contributed by atoms with E-state index in [1.54, 1.807) is 22.7 Å². The molecule has 0 aliphatic rings. The van der Waals surface area contributed by atoms with Crippen LogP contribution in [0.4, 0.5) is 0 Å². The summed E-state index contributed by atoms with van der Waals surface area (Å²) < 4.78 is 0. The third kappa shape index (κ3) is 1.80. The number of rotatable bonds is 2. The van der Waals surface area contributed by atoms with Crippen molar-refractivity contribution in [3.8, 4) is 10.6 Å². The average Bonchev–Trinajstić information content (AvgIpc) is 2.71. The number of aliphatic hydroxyl groups excluding tert-OH is 1. The topological polar surface area (TPSA) is 33.1 Å². The van der Waals surface area contributed by atoms with Gasteiger partial charge in [0.1, 0.15) is 0 Å². The summed E-state index contributed by atoms with van der Waals surface area (Å²) in [6.07, 6.45) is 0. The Kier molecular flexibility index (Phi) is 2.44. The van der Waals surface area contributed by atoms with E-state index in [0.29, 0.717) is 0 Å². The molecule has 0 atom stereocenters. The zero-order valence-electron chi connectivity index (χ0n) is 7.15. The lowest BCUT2D eigenvalue weighted by atomic mass is 10.4. The zero-order valence-corrected chi connectivity index (χ0v) is 8.78. The fourth-order valence-electron chi connectivity index (χ4n) is 1.08. The van der Waals surface area contributed by atoms with E-state index in [4.69, 9.17) is 5.11 Å². The molecule has 13 heavy (non-hydrogen) atoms. The molecule has 0 aliphatic carbocycles. The maximum absolute atomic E-state index is 8.90. The number of hydrogen-bond acceptors (Lipinski definition) is 4. The molecule has 68 valence electrons. The molecule has 2 heterocycles. The maximum Gasteiger partial charge on any atom is 0.0914 e. The second kappa shape index (κ2) is 3.57. The Bertz CT molecular complexity index is 405. The fraction of sp³-hybridized carbons (Fsp3) is 0.222. The summed E-state index contributed by atoms with van der Waals surface area (Å²) in [5.41, 5.74) is 1.02. The van der Waals surface area contributed by atoms with E-state index in [1.807, 2.05) is 24.4 Å². The van der Waals surface area contributed by atoms with Crippen molar-refractivity contribution in [2.75, 3.05) is 0 Å². The molecule has 0 spiro atoms. The van der Waals surface area contributed by atoms with Gasteiger partial charge in [-0.15, -0.1) is 22.7 Å². The third-order valence-electron chi connectivity index (χ3n) is 1.69. The summed E-state index contributed by atoms with van der Waals surface area (Å²) in [5, 5.41) is 12.0. The SMILES string of the molecule is Cc1nc(-c2ccc(CO)s2)cs1. The number of aliphatic hydroxyl groups is 1. The van der Waals surface area contributed by atoms with Crippen molar-refractivity contribution >= 4 is 22.7 Å². The molecule has 0 unspecified atom stereocenters. The summed E-state index contributed by atoms with van der Waals surface area (Å²) >= 11 is 3.24. The van der Waals surface area contributed by atoms with Gasteiger partial charge in [-0.2, -0.15) is 0 Å². The average molecular weight is 211 g/mol. The second-order valence-electron chi connectivity index (χ2n) is 2.68. The summed E-state index contributed by atoms with van der Waals surface area (Å²) in [6.45, 7) is 2.11. The molecule has 2 nitrogen and oxygen atoms in total. The predicted octanol–water partition coefficient (Wildman–Crippen LogP) is 2.67. The number of aryl methyl sites for hydroxylation is 1. The number of thiazole rings is 1. The van der Waals surface area contributed by atoms with Crippen LogP contribution in [0.5, 0.6) is 0 Å². The molecular weight excluding hydrogens is 202 g/mol. The number of nitrogens with zero attached hydrogens (tertiary/aromatic N) is 1. The van der Waals surface area contributed by atoms with Crippen LogP contribution < -0.4 is 0 Å². The standard InChI is InChI=1S/C9H9NOS2/c1-6-10-8(5-12-6)9-3-2-7(4-11)13-9/h2-3,5,11H,4H2,1H3. The van der Waals surface area contributed by atoms with Crippen LogP contribution in [0.25, 0.3) is 10.6 Å². The number of hydrogen-bond donors (Lipinski definition) is 1. The fourth-order valence-corrected chi connectivity index (χ4v) is 2.59. The van der Waals surface area contributed by atoms with E-state index in [2.05, 4.69) is 4.98 Å². The van der Waals surface area contributed by atoms with E-state index in [-0.39, 0.29) is 6.61 Å². The zero-order chi connectivity index (χ0) is 9.26. The normalized spacial score (nSPS) is 10.6. The smallest absolute Gasteiger partial charge is 0.0914 e. The Morgan fingerprint density at radius 2 is 2.31 bits per heavy atom. The molecule has 4 heteroatoms. The van der Waals surface area contributed by atoms with E-state index in [0.717, 1.165) is 20.5 Å². The van der Waals surface area contributed by atoms with Crippen molar-refractivity contribution in [1.29, 1.82) is 0 Å². The summed E-state index contributed by atoms with van der Waals surface area (Å²) in [5.74, 6) is 0. The molecule has 2 aromatic heterocycles. The molecule has 0 bridgehead atoms. The minimum Gasteiger partial charge on any atom is -0.391 e. The Hall–Kier alpha value is -0.710. The highest BCUT2D eigenvalue weighted by Crippen LogP contribution is 2.28. The summed E-state index contributed by atoms with van der Waals surface area (Å²) in [4.78, 5) is 6.50. The van der Waals surface area contributed by atoms with Crippen molar-refractivity contribution in [3.05, 3.63) is 27.4 Å². The van der Waals surface area contributed by atoms with Crippen molar-refractivity contribution in [2.45, 2.75) is 13.5 Å². The molecule has 0 aromatic carbocycles. The van der Waals surface area contributed by atoms with Gasteiger partial charge in [0, 0.05) is 10.3 Å². The molecule has 0 saturated carbocycles. The van der Waals surface area contributed by atoms with E-state index in [1.165, 1.54) is 0 Å². The van der Waals surface area contributed by atoms with Gasteiger partial charge in [0.05, 0.1) is 22.2 Å². The first-order valence-corrected chi connectivity index (χ1v) is 5.61. The van der Waals surface area contributed by atoms with Gasteiger partial charge in [0.25, 0.3) is 0 Å². The van der Waals surface area contributed by atoms with Gasteiger partial charge in [0.2, 0.25) is 0 Å². The highest BCUT2D eigenvalue weighted by Gasteiger charge is 2.04. The Morgan fingerprint density at radius 1 is 1.46 bits per heavy atom. The molecule has 0 saturated heterocycles. The lowest BCUT2D eigenvalue weighted by Crippen LogP contribution is -1.71. The van der Waals surface area contributed by atoms with E-state index in [9.17, 15) is 0 Å². The third-order valence-corrected chi connectivity index (χ3v) is 3.55. The molecule has 2 rings (SSSR count). The van der Waals surface area contributed by atoms with Crippen LogP contribution in [0.1, 0.15) is 9.88 Å². The predicted molar refractivity (Wildman–Crippen MR) is 56.1 cm³/mol. The van der Waals surface area contributed by atoms with Gasteiger partial charge < -0.3 is 5.11 Å². The molecule has 0 amide bonds. The largest absolute Gasteiger partial charge is 0.391 e. The Morgan fingerprint density at radius 3 is 2.85 bits per heavy atom. The lowest BCUT2D eigenvalue weighted by molar-refractivity contribution is 0.285. The van der Waals surface area contributed by atoms with Gasteiger partial charge in [-0.1, -0.05) is 0 Å². The Labute approximate surface area is 84.5 Å². The second-order valence-corrected chi connectivity index (χ2v) is 4.91. The first-order chi connectivity index (χ1) is 6.29. The Balaban J connectivity index is 2.35. The van der Waals surface area contributed by atoms with Crippen LogP contribution in [-0.4, -0.2) is 10.1 Å². The molecule has 1 N–H and O–H groups in total. The number of thiophene rings is 1. The highest BCUT2D eigenvalue weighted by molar-refractivity contribution is 7.16. The van der Waals surface area contributed by atoms with Crippen molar-refractivity contribution in [1.82, 2.24) is 4.98 Å².